The summed E-state index contributed by atoms with van der Waals surface area (Å²) in [6.07, 6.45) is 1.97. The topological polar surface area (TPSA) is 38.8 Å². The van der Waals surface area contributed by atoms with Crippen LogP contribution in [0, 0.1) is 0 Å². The van der Waals surface area contributed by atoms with Gasteiger partial charge in [0, 0.05) is 0 Å². The van der Waals surface area contributed by atoms with Crippen LogP contribution in [0.2, 0.25) is 0 Å². The molecule has 1 aromatic carbocycles. The predicted molar refractivity (Wildman–Crippen MR) is 58.2 cm³/mol. The number of benzene rings is 1. The van der Waals surface area contributed by atoms with Gasteiger partial charge in [0.05, 0.1) is 11.2 Å². The van der Waals surface area contributed by atoms with Gasteiger partial charge in [0.2, 0.25) is 0 Å². The molecule has 2 aliphatic rings. The molecule has 0 amide bonds. The Bertz CT molecular complexity index is 414. The first-order valence-corrected chi connectivity index (χ1v) is 5.63. The first-order valence-electron chi connectivity index (χ1n) is 5.63. The highest BCUT2D eigenvalue weighted by Gasteiger charge is 2.62. The van der Waals surface area contributed by atoms with Crippen LogP contribution in [0.3, 0.4) is 0 Å². The molecule has 0 aromatic heterocycles. The Morgan fingerprint density at radius 1 is 1.44 bits per heavy atom. The third-order valence-corrected chi connectivity index (χ3v) is 3.47. The van der Waals surface area contributed by atoms with Gasteiger partial charge in [0.15, 0.2) is 0 Å². The van der Waals surface area contributed by atoms with Crippen molar-refractivity contribution in [2.75, 3.05) is 0 Å². The number of hydrogen-bond acceptors (Lipinski definition) is 3. The van der Waals surface area contributed by atoms with E-state index in [2.05, 4.69) is 6.92 Å². The number of ether oxygens (including phenoxy) is 2. The Morgan fingerprint density at radius 3 is 2.75 bits per heavy atom. The van der Waals surface area contributed by atoms with Gasteiger partial charge in [-0.1, -0.05) is 18.2 Å². The molecule has 3 rings (SSSR count). The summed E-state index contributed by atoms with van der Waals surface area (Å²) in [6.45, 7) is 2.08. The number of carbonyl (C=O) groups is 1. The van der Waals surface area contributed by atoms with Crippen LogP contribution in [0.1, 0.15) is 30.1 Å². The van der Waals surface area contributed by atoms with E-state index in [0.717, 1.165) is 12.8 Å². The minimum Gasteiger partial charge on any atom is -0.456 e. The molecule has 3 nitrogen and oxygen atoms in total. The van der Waals surface area contributed by atoms with Crippen molar-refractivity contribution in [3.8, 4) is 0 Å². The first kappa shape index (κ1) is 9.85. The highest BCUT2D eigenvalue weighted by atomic mass is 16.6. The van der Waals surface area contributed by atoms with Gasteiger partial charge in [-0.15, -0.1) is 0 Å². The van der Waals surface area contributed by atoms with Gasteiger partial charge in [0.1, 0.15) is 12.2 Å². The standard InChI is InChI=1S/C13H14O3/c1-13-8-7-10(11(13)16-13)15-12(14)9-5-3-2-4-6-9/h2-6,10-11H,7-8H2,1H3/t10-,11-,13+/m0/s1. The molecular formula is C13H14O3. The van der Waals surface area contributed by atoms with Crippen LogP contribution >= 0.6 is 0 Å². The van der Waals surface area contributed by atoms with Crippen LogP contribution in [0.5, 0.6) is 0 Å². The average molecular weight is 218 g/mol. The third kappa shape index (κ3) is 1.52. The van der Waals surface area contributed by atoms with Crippen molar-refractivity contribution >= 4 is 5.97 Å². The second-order valence-corrected chi connectivity index (χ2v) is 4.70. The van der Waals surface area contributed by atoms with E-state index < -0.39 is 0 Å². The number of epoxide rings is 1. The third-order valence-electron chi connectivity index (χ3n) is 3.47. The summed E-state index contributed by atoms with van der Waals surface area (Å²) in [5.41, 5.74) is 0.596. The molecule has 16 heavy (non-hydrogen) atoms. The Morgan fingerprint density at radius 2 is 2.19 bits per heavy atom. The number of rotatable bonds is 2. The second-order valence-electron chi connectivity index (χ2n) is 4.70. The molecule has 3 atom stereocenters. The van der Waals surface area contributed by atoms with E-state index in [1.54, 1.807) is 12.1 Å². The van der Waals surface area contributed by atoms with Gasteiger partial charge in [-0.2, -0.15) is 0 Å². The molecule has 0 unspecified atom stereocenters. The normalized spacial score (nSPS) is 35.6. The molecule has 1 aliphatic carbocycles. The van der Waals surface area contributed by atoms with Crippen LogP contribution in [-0.2, 0) is 9.47 Å². The van der Waals surface area contributed by atoms with Crippen molar-refractivity contribution < 1.29 is 14.3 Å². The Labute approximate surface area is 94.4 Å². The Balaban J connectivity index is 1.66. The Kier molecular flexibility index (Phi) is 2.04. The molecule has 1 aromatic rings. The molecule has 0 spiro atoms. The monoisotopic (exact) mass is 218 g/mol. The van der Waals surface area contributed by atoms with Crippen molar-refractivity contribution in [3.05, 3.63) is 35.9 Å². The maximum absolute atomic E-state index is 11.8. The van der Waals surface area contributed by atoms with Crippen molar-refractivity contribution in [2.45, 2.75) is 37.6 Å². The lowest BCUT2D eigenvalue weighted by atomic mass is 10.1. The maximum Gasteiger partial charge on any atom is 0.338 e. The van der Waals surface area contributed by atoms with E-state index in [1.807, 2.05) is 18.2 Å². The van der Waals surface area contributed by atoms with E-state index in [1.165, 1.54) is 0 Å². The zero-order valence-electron chi connectivity index (χ0n) is 9.18. The number of carbonyl (C=O) groups excluding carboxylic acids is 1. The molecule has 0 bridgehead atoms. The van der Waals surface area contributed by atoms with Crippen LogP contribution in [0.25, 0.3) is 0 Å². The van der Waals surface area contributed by atoms with Crippen molar-refractivity contribution in [2.24, 2.45) is 0 Å². The molecule has 0 radical (unpaired) electrons. The molecule has 3 heteroatoms. The van der Waals surface area contributed by atoms with Crippen molar-refractivity contribution in [3.63, 3.8) is 0 Å². The number of esters is 1. The van der Waals surface area contributed by atoms with E-state index in [0.29, 0.717) is 5.56 Å². The molecule has 1 heterocycles. The fourth-order valence-corrected chi connectivity index (χ4v) is 2.41. The molecular weight excluding hydrogens is 204 g/mol. The lowest BCUT2D eigenvalue weighted by Gasteiger charge is -2.12. The van der Waals surface area contributed by atoms with Crippen LogP contribution in [0.4, 0.5) is 0 Å². The highest BCUT2D eigenvalue weighted by Crippen LogP contribution is 2.50. The molecule has 2 fully saturated rings. The summed E-state index contributed by atoms with van der Waals surface area (Å²) in [4.78, 5) is 11.8. The molecule has 1 aliphatic heterocycles. The molecule has 1 saturated carbocycles. The van der Waals surface area contributed by atoms with Crippen LogP contribution in [0.15, 0.2) is 30.3 Å². The summed E-state index contributed by atoms with van der Waals surface area (Å²) in [5.74, 6) is -0.245. The molecule has 1 saturated heterocycles. The average Bonchev–Trinajstić information content (AvgIpc) is 2.89. The van der Waals surface area contributed by atoms with E-state index in [9.17, 15) is 4.79 Å². The van der Waals surface area contributed by atoms with Crippen LogP contribution < -0.4 is 0 Å². The summed E-state index contributed by atoms with van der Waals surface area (Å²) >= 11 is 0. The SMILES string of the molecule is C[C@@]12CC[C@H](OC(=O)c3ccccc3)[C@@H]1O2. The van der Waals surface area contributed by atoms with Crippen molar-refractivity contribution in [1.29, 1.82) is 0 Å². The Hall–Kier alpha value is -1.35. The summed E-state index contributed by atoms with van der Waals surface area (Å²) in [7, 11) is 0. The highest BCUT2D eigenvalue weighted by molar-refractivity contribution is 5.89. The largest absolute Gasteiger partial charge is 0.456 e. The fourth-order valence-electron chi connectivity index (χ4n) is 2.41. The number of hydrogen-bond donors (Lipinski definition) is 0. The van der Waals surface area contributed by atoms with Crippen molar-refractivity contribution in [1.82, 2.24) is 0 Å². The molecule has 0 N–H and O–H groups in total. The van der Waals surface area contributed by atoms with Gasteiger partial charge in [0.25, 0.3) is 0 Å². The number of fused-ring (bicyclic) bond motifs is 1. The quantitative estimate of drug-likeness (QED) is 0.564. The smallest absolute Gasteiger partial charge is 0.338 e. The van der Waals surface area contributed by atoms with Gasteiger partial charge in [-0.3, -0.25) is 0 Å². The fraction of sp³-hybridized carbons (Fsp3) is 0.462. The summed E-state index contributed by atoms with van der Waals surface area (Å²) in [5, 5.41) is 0. The molecule has 84 valence electrons. The van der Waals surface area contributed by atoms with E-state index in [-0.39, 0.29) is 23.8 Å². The lowest BCUT2D eigenvalue weighted by Crippen LogP contribution is -2.21. The maximum atomic E-state index is 11.8. The second kappa shape index (κ2) is 3.32. The van der Waals surface area contributed by atoms with Crippen LogP contribution in [-0.4, -0.2) is 23.8 Å². The zero-order valence-corrected chi connectivity index (χ0v) is 9.18. The van der Waals surface area contributed by atoms with E-state index >= 15 is 0 Å². The van der Waals surface area contributed by atoms with Gasteiger partial charge in [-0.25, -0.2) is 4.79 Å². The summed E-state index contributed by atoms with van der Waals surface area (Å²) in [6, 6.07) is 9.09. The minimum atomic E-state index is -0.245. The predicted octanol–water partition coefficient (Wildman–Crippen LogP) is 2.16. The van der Waals surface area contributed by atoms with E-state index in [4.69, 9.17) is 9.47 Å². The minimum absolute atomic E-state index is 0.0123. The lowest BCUT2D eigenvalue weighted by molar-refractivity contribution is 0.0197. The zero-order chi connectivity index (χ0) is 11.2. The van der Waals surface area contributed by atoms with Gasteiger partial charge in [-0.05, 0) is 31.9 Å². The summed E-state index contributed by atoms with van der Waals surface area (Å²) < 4.78 is 11.0. The van der Waals surface area contributed by atoms with Gasteiger partial charge < -0.3 is 9.47 Å². The first-order chi connectivity index (χ1) is 7.69. The van der Waals surface area contributed by atoms with Gasteiger partial charge >= 0.3 is 5.97 Å².